The van der Waals surface area contributed by atoms with E-state index in [1.807, 2.05) is 0 Å². The molecule has 5 nitrogen and oxygen atoms in total. The van der Waals surface area contributed by atoms with Gasteiger partial charge in [-0.1, -0.05) is 0 Å². The average molecular weight is 371 g/mol. The number of morpholine rings is 1. The van der Waals surface area contributed by atoms with Crippen LogP contribution in [0.4, 0.5) is 26.3 Å². The van der Waals surface area contributed by atoms with Crippen molar-refractivity contribution < 1.29 is 45.8 Å². The zero-order valence-electron chi connectivity index (χ0n) is 12.3. The number of amides is 1. The third-order valence-corrected chi connectivity index (χ3v) is 3.51. The van der Waals surface area contributed by atoms with Gasteiger partial charge in [0.05, 0.1) is 24.3 Å². The minimum absolute atomic E-state index is 0.0827. The number of carboxylic acid groups (broad SMARTS) is 1. The number of aliphatic carboxylic acids is 1. The molecule has 0 bridgehead atoms. The molecule has 0 saturated carbocycles. The number of halogens is 6. The molecule has 1 unspecified atom stereocenters. The molecule has 1 N–H and O–H groups in total. The Labute approximate surface area is 136 Å². The van der Waals surface area contributed by atoms with E-state index in [1.165, 1.54) is 0 Å². The minimum Gasteiger partial charge on any atom is -0.480 e. The van der Waals surface area contributed by atoms with Crippen molar-refractivity contribution >= 4 is 11.9 Å². The summed E-state index contributed by atoms with van der Waals surface area (Å²) < 4.78 is 81.9. The van der Waals surface area contributed by atoms with Crippen LogP contribution in [0.3, 0.4) is 0 Å². The largest absolute Gasteiger partial charge is 0.480 e. The fourth-order valence-electron chi connectivity index (χ4n) is 2.30. The molecular weight excluding hydrogens is 360 g/mol. The predicted molar refractivity (Wildman–Crippen MR) is 69.7 cm³/mol. The second kappa shape index (κ2) is 6.54. The lowest BCUT2D eigenvalue weighted by atomic mass is 10.0. The van der Waals surface area contributed by atoms with E-state index in [4.69, 9.17) is 9.84 Å². The number of carbonyl (C=O) groups excluding carboxylic acids is 1. The van der Waals surface area contributed by atoms with E-state index in [0.717, 1.165) is 0 Å². The normalized spacial score (nSPS) is 19.0. The molecule has 1 aliphatic rings. The molecule has 1 heterocycles. The smallest absolute Gasteiger partial charge is 0.416 e. The van der Waals surface area contributed by atoms with Gasteiger partial charge in [0.2, 0.25) is 0 Å². The zero-order valence-corrected chi connectivity index (χ0v) is 12.3. The Kier molecular flexibility index (Phi) is 4.98. The van der Waals surface area contributed by atoms with Crippen LogP contribution in [0.15, 0.2) is 18.2 Å². The number of carboxylic acids is 1. The van der Waals surface area contributed by atoms with E-state index in [2.05, 4.69) is 0 Å². The molecule has 1 amide bonds. The summed E-state index contributed by atoms with van der Waals surface area (Å²) in [4.78, 5) is 24.1. The monoisotopic (exact) mass is 371 g/mol. The van der Waals surface area contributed by atoms with Crippen molar-refractivity contribution in [1.82, 2.24) is 4.90 Å². The van der Waals surface area contributed by atoms with Crippen molar-refractivity contribution in [3.63, 3.8) is 0 Å². The Morgan fingerprint density at radius 3 is 2.00 bits per heavy atom. The van der Waals surface area contributed by atoms with Crippen molar-refractivity contribution in [2.45, 2.75) is 18.4 Å². The highest BCUT2D eigenvalue weighted by Gasteiger charge is 2.39. The van der Waals surface area contributed by atoms with Crippen molar-refractivity contribution in [3.8, 4) is 0 Å². The Morgan fingerprint density at radius 1 is 1.04 bits per heavy atom. The summed E-state index contributed by atoms with van der Waals surface area (Å²) in [5, 5.41) is 9.04. The Hall–Kier alpha value is -2.30. The van der Waals surface area contributed by atoms with Crippen LogP contribution in [-0.4, -0.2) is 47.7 Å². The fourth-order valence-corrected chi connectivity index (χ4v) is 2.30. The van der Waals surface area contributed by atoms with Gasteiger partial charge in [0.25, 0.3) is 5.91 Å². The van der Waals surface area contributed by atoms with Crippen molar-refractivity contribution in [2.75, 3.05) is 19.8 Å². The van der Waals surface area contributed by atoms with Crippen LogP contribution >= 0.6 is 0 Å². The highest BCUT2D eigenvalue weighted by Crippen LogP contribution is 2.36. The number of benzene rings is 1. The summed E-state index contributed by atoms with van der Waals surface area (Å²) in [5.41, 5.74) is -4.19. The molecule has 1 aromatic carbocycles. The third-order valence-electron chi connectivity index (χ3n) is 3.51. The molecule has 1 fully saturated rings. The number of hydrogen-bond acceptors (Lipinski definition) is 3. The minimum atomic E-state index is -5.10. The maximum Gasteiger partial charge on any atom is 0.416 e. The van der Waals surface area contributed by atoms with Crippen LogP contribution in [0.1, 0.15) is 21.5 Å². The lowest BCUT2D eigenvalue weighted by Gasteiger charge is -2.33. The summed E-state index contributed by atoms with van der Waals surface area (Å²) in [6, 6.07) is -1.06. The van der Waals surface area contributed by atoms with Crippen molar-refractivity contribution in [1.29, 1.82) is 0 Å². The van der Waals surface area contributed by atoms with E-state index in [1.54, 1.807) is 0 Å². The molecule has 0 aliphatic carbocycles. The summed E-state index contributed by atoms with van der Waals surface area (Å²) in [6.07, 6.45) is -10.2. The van der Waals surface area contributed by atoms with E-state index in [0.29, 0.717) is 4.90 Å². The second-order valence-corrected chi connectivity index (χ2v) is 5.22. The standard InChI is InChI=1S/C14H11F6NO4/c15-13(16,17)8-3-7(4-9(5-8)14(18,19)20)11(22)21-1-2-25-6-10(21)12(23)24/h3-5,10H,1-2,6H2,(H,23,24). The number of rotatable bonds is 2. The molecule has 25 heavy (non-hydrogen) atoms. The van der Waals surface area contributed by atoms with Gasteiger partial charge in [-0.05, 0) is 18.2 Å². The van der Waals surface area contributed by atoms with E-state index < -0.39 is 53.6 Å². The summed E-state index contributed by atoms with van der Waals surface area (Å²) in [5.74, 6) is -2.72. The van der Waals surface area contributed by atoms with Gasteiger partial charge in [-0.25, -0.2) is 4.79 Å². The van der Waals surface area contributed by atoms with Crippen LogP contribution in [0.25, 0.3) is 0 Å². The molecule has 1 atom stereocenters. The quantitative estimate of drug-likeness (QED) is 0.812. The Balaban J connectivity index is 2.49. The summed E-state index contributed by atoms with van der Waals surface area (Å²) in [6.45, 7) is -0.764. The zero-order chi connectivity index (χ0) is 19.0. The number of nitrogens with zero attached hydrogens (tertiary/aromatic N) is 1. The number of alkyl halides is 6. The third kappa shape index (κ3) is 4.21. The van der Waals surface area contributed by atoms with E-state index in [9.17, 15) is 35.9 Å². The van der Waals surface area contributed by atoms with E-state index >= 15 is 0 Å². The SMILES string of the molecule is O=C(O)C1COCCN1C(=O)c1cc(C(F)(F)F)cc(C(F)(F)F)c1. The molecule has 1 aliphatic heterocycles. The van der Waals surface area contributed by atoms with Crippen LogP contribution in [0.2, 0.25) is 0 Å². The molecule has 1 aromatic rings. The summed E-state index contributed by atoms with van der Waals surface area (Å²) >= 11 is 0. The topological polar surface area (TPSA) is 66.8 Å². The average Bonchev–Trinajstić information content (AvgIpc) is 2.52. The molecule has 11 heteroatoms. The molecule has 138 valence electrons. The van der Waals surface area contributed by atoms with Crippen LogP contribution in [0.5, 0.6) is 0 Å². The molecule has 2 rings (SSSR count). The predicted octanol–water partition coefficient (Wildman–Crippen LogP) is 2.65. The molecule has 1 saturated heterocycles. The van der Waals surface area contributed by atoms with Gasteiger partial charge in [0.15, 0.2) is 6.04 Å². The highest BCUT2D eigenvalue weighted by molar-refractivity contribution is 5.97. The van der Waals surface area contributed by atoms with Gasteiger partial charge in [0.1, 0.15) is 0 Å². The lowest BCUT2D eigenvalue weighted by molar-refractivity contribution is -0.148. The van der Waals surface area contributed by atoms with Crippen LogP contribution < -0.4 is 0 Å². The number of carbonyl (C=O) groups is 2. The van der Waals surface area contributed by atoms with Crippen molar-refractivity contribution in [2.24, 2.45) is 0 Å². The van der Waals surface area contributed by atoms with Crippen molar-refractivity contribution in [3.05, 3.63) is 34.9 Å². The van der Waals surface area contributed by atoms with Gasteiger partial charge in [0, 0.05) is 12.1 Å². The van der Waals surface area contributed by atoms with Gasteiger partial charge in [-0.2, -0.15) is 26.3 Å². The summed E-state index contributed by atoms with van der Waals surface area (Å²) in [7, 11) is 0. The first-order valence-corrected chi connectivity index (χ1v) is 6.82. The maximum absolute atomic E-state index is 12.8. The molecular formula is C14H11F6NO4. The first kappa shape index (κ1) is 19.0. The van der Waals surface area contributed by atoms with Gasteiger partial charge in [-0.15, -0.1) is 0 Å². The van der Waals surface area contributed by atoms with Gasteiger partial charge in [-0.3, -0.25) is 4.79 Å². The Bertz CT molecular complexity index is 653. The molecule has 0 radical (unpaired) electrons. The van der Waals surface area contributed by atoms with E-state index in [-0.39, 0.29) is 31.4 Å². The lowest BCUT2D eigenvalue weighted by Crippen LogP contribution is -2.52. The molecule has 0 spiro atoms. The first-order chi connectivity index (χ1) is 11.4. The molecule has 0 aromatic heterocycles. The van der Waals surface area contributed by atoms with Crippen LogP contribution in [-0.2, 0) is 21.9 Å². The number of hydrogen-bond donors (Lipinski definition) is 1. The van der Waals surface area contributed by atoms with Crippen LogP contribution in [0, 0.1) is 0 Å². The highest BCUT2D eigenvalue weighted by atomic mass is 19.4. The second-order valence-electron chi connectivity index (χ2n) is 5.22. The fraction of sp³-hybridized carbons (Fsp3) is 0.429. The van der Waals surface area contributed by atoms with Gasteiger partial charge >= 0.3 is 18.3 Å². The first-order valence-electron chi connectivity index (χ1n) is 6.82. The van der Waals surface area contributed by atoms with Gasteiger partial charge < -0.3 is 14.7 Å². The number of ether oxygens (including phenoxy) is 1. The maximum atomic E-state index is 12.8. The Morgan fingerprint density at radius 2 is 1.56 bits per heavy atom.